The number of carbonyl (C=O) groups is 1. The van der Waals surface area contributed by atoms with Crippen LogP contribution in [0.2, 0.25) is 0 Å². The van der Waals surface area contributed by atoms with Crippen LogP contribution in [0.25, 0.3) is 0 Å². The number of nitrogens with one attached hydrogen (secondary N) is 1. The average Bonchev–Trinajstić information content (AvgIpc) is 2.82. The maximum atomic E-state index is 12.8. The molecule has 2 fully saturated rings. The summed E-state index contributed by atoms with van der Waals surface area (Å²) in [7, 11) is 0. The Labute approximate surface area is 118 Å². The minimum absolute atomic E-state index is 0.283. The molecule has 0 aromatic rings. The summed E-state index contributed by atoms with van der Waals surface area (Å²) in [5, 5.41) is 3.57. The van der Waals surface area contributed by atoms with Gasteiger partial charge in [-0.3, -0.25) is 4.79 Å². The van der Waals surface area contributed by atoms with Crippen LogP contribution in [-0.2, 0) is 4.79 Å². The summed E-state index contributed by atoms with van der Waals surface area (Å²) in [6.07, 6.45) is 7.36. The highest BCUT2D eigenvalue weighted by molar-refractivity contribution is 5.79. The summed E-state index contributed by atoms with van der Waals surface area (Å²) in [6, 6.07) is 0.834. The molecule has 2 rings (SSSR count). The first kappa shape index (κ1) is 14.8. The molecule has 1 aliphatic carbocycles. The van der Waals surface area contributed by atoms with Crippen molar-refractivity contribution in [1.82, 2.24) is 10.2 Å². The van der Waals surface area contributed by atoms with Crippen LogP contribution in [-0.4, -0.2) is 36.0 Å². The van der Waals surface area contributed by atoms with Gasteiger partial charge in [-0.15, -0.1) is 0 Å². The molecule has 1 saturated heterocycles. The van der Waals surface area contributed by atoms with E-state index >= 15 is 0 Å². The van der Waals surface area contributed by atoms with Gasteiger partial charge in [-0.05, 0) is 52.0 Å². The number of hydrogen-bond donors (Lipinski definition) is 1. The SMILES string of the molecule is CC1CCCC1C(=O)N(CC1CCCCN1)C(C)C. The van der Waals surface area contributed by atoms with Gasteiger partial charge < -0.3 is 10.2 Å². The molecule has 0 spiro atoms. The molecule has 3 atom stereocenters. The second-order valence-corrected chi connectivity index (χ2v) is 6.75. The maximum absolute atomic E-state index is 12.8. The lowest BCUT2D eigenvalue weighted by atomic mass is 9.95. The number of rotatable bonds is 4. The fourth-order valence-corrected chi connectivity index (χ4v) is 3.60. The van der Waals surface area contributed by atoms with Crippen LogP contribution >= 0.6 is 0 Å². The molecule has 3 heteroatoms. The van der Waals surface area contributed by atoms with Crippen molar-refractivity contribution in [3.63, 3.8) is 0 Å². The van der Waals surface area contributed by atoms with E-state index in [0.717, 1.165) is 19.5 Å². The molecule has 1 heterocycles. The van der Waals surface area contributed by atoms with E-state index in [9.17, 15) is 4.79 Å². The zero-order chi connectivity index (χ0) is 13.8. The Morgan fingerprint density at radius 3 is 2.53 bits per heavy atom. The molecule has 2 aliphatic rings. The number of carbonyl (C=O) groups excluding carboxylic acids is 1. The second kappa shape index (κ2) is 6.74. The Morgan fingerprint density at radius 1 is 1.21 bits per heavy atom. The molecule has 19 heavy (non-hydrogen) atoms. The van der Waals surface area contributed by atoms with Gasteiger partial charge in [0, 0.05) is 24.5 Å². The van der Waals surface area contributed by atoms with E-state index in [1.54, 1.807) is 0 Å². The molecule has 1 amide bonds. The van der Waals surface area contributed by atoms with E-state index in [1.807, 2.05) is 0 Å². The molecular weight excluding hydrogens is 236 g/mol. The highest BCUT2D eigenvalue weighted by Gasteiger charge is 2.34. The van der Waals surface area contributed by atoms with Gasteiger partial charge in [-0.1, -0.05) is 19.8 Å². The van der Waals surface area contributed by atoms with Crippen LogP contribution in [0.4, 0.5) is 0 Å². The normalized spacial score (nSPS) is 31.7. The molecule has 3 unspecified atom stereocenters. The Kier molecular flexibility index (Phi) is 5.26. The van der Waals surface area contributed by atoms with Crippen LogP contribution in [0.1, 0.15) is 59.3 Å². The van der Waals surface area contributed by atoms with Gasteiger partial charge in [-0.25, -0.2) is 0 Å². The molecule has 0 bridgehead atoms. The summed E-state index contributed by atoms with van der Waals surface area (Å²) < 4.78 is 0. The predicted octanol–water partition coefficient (Wildman–Crippen LogP) is 2.80. The van der Waals surface area contributed by atoms with E-state index in [-0.39, 0.29) is 5.92 Å². The number of nitrogens with zero attached hydrogens (tertiary/aromatic N) is 1. The van der Waals surface area contributed by atoms with Gasteiger partial charge >= 0.3 is 0 Å². The van der Waals surface area contributed by atoms with E-state index < -0.39 is 0 Å². The van der Waals surface area contributed by atoms with Gasteiger partial charge in [0.1, 0.15) is 0 Å². The predicted molar refractivity (Wildman–Crippen MR) is 79.0 cm³/mol. The minimum atomic E-state index is 0.283. The smallest absolute Gasteiger partial charge is 0.226 e. The topological polar surface area (TPSA) is 32.3 Å². The third-order valence-corrected chi connectivity index (χ3v) is 4.91. The van der Waals surface area contributed by atoms with Gasteiger partial charge in [0.25, 0.3) is 0 Å². The molecule has 1 aliphatic heterocycles. The zero-order valence-corrected chi connectivity index (χ0v) is 12.8. The van der Waals surface area contributed by atoms with Crippen LogP contribution in [0.3, 0.4) is 0 Å². The van der Waals surface area contributed by atoms with E-state index in [0.29, 0.717) is 23.9 Å². The number of amides is 1. The van der Waals surface area contributed by atoms with Crippen LogP contribution in [0.15, 0.2) is 0 Å². The summed E-state index contributed by atoms with van der Waals surface area (Å²) >= 11 is 0. The van der Waals surface area contributed by atoms with Crippen LogP contribution in [0.5, 0.6) is 0 Å². The Bertz CT molecular complexity index is 297. The van der Waals surface area contributed by atoms with Crippen LogP contribution < -0.4 is 5.32 Å². The van der Waals surface area contributed by atoms with Gasteiger partial charge in [0.15, 0.2) is 0 Å². The lowest BCUT2D eigenvalue weighted by Crippen LogP contribution is -2.50. The molecule has 1 saturated carbocycles. The fourth-order valence-electron chi connectivity index (χ4n) is 3.60. The van der Waals surface area contributed by atoms with Crippen molar-refractivity contribution < 1.29 is 4.79 Å². The van der Waals surface area contributed by atoms with Gasteiger partial charge in [0.05, 0.1) is 0 Å². The highest BCUT2D eigenvalue weighted by atomic mass is 16.2. The summed E-state index contributed by atoms with van der Waals surface area (Å²) in [5.74, 6) is 1.27. The summed E-state index contributed by atoms with van der Waals surface area (Å²) in [4.78, 5) is 14.9. The van der Waals surface area contributed by atoms with Crippen molar-refractivity contribution in [3.05, 3.63) is 0 Å². The first-order chi connectivity index (χ1) is 9.09. The van der Waals surface area contributed by atoms with Crippen molar-refractivity contribution in [2.75, 3.05) is 13.1 Å². The number of piperidine rings is 1. The third kappa shape index (κ3) is 3.71. The lowest BCUT2D eigenvalue weighted by molar-refractivity contribution is -0.138. The molecule has 3 nitrogen and oxygen atoms in total. The average molecular weight is 266 g/mol. The quantitative estimate of drug-likeness (QED) is 0.848. The molecule has 0 aromatic carbocycles. The van der Waals surface area contributed by atoms with Crippen molar-refractivity contribution in [3.8, 4) is 0 Å². The van der Waals surface area contributed by atoms with Gasteiger partial charge in [-0.2, -0.15) is 0 Å². The van der Waals surface area contributed by atoms with Crippen molar-refractivity contribution in [2.45, 2.75) is 71.4 Å². The van der Waals surface area contributed by atoms with E-state index in [1.165, 1.54) is 32.1 Å². The first-order valence-corrected chi connectivity index (χ1v) is 8.13. The fraction of sp³-hybridized carbons (Fsp3) is 0.938. The Hall–Kier alpha value is -0.570. The van der Waals surface area contributed by atoms with Gasteiger partial charge in [0.2, 0.25) is 5.91 Å². The summed E-state index contributed by atoms with van der Waals surface area (Å²) in [5.41, 5.74) is 0. The van der Waals surface area contributed by atoms with E-state index in [4.69, 9.17) is 0 Å². The Morgan fingerprint density at radius 2 is 2.00 bits per heavy atom. The maximum Gasteiger partial charge on any atom is 0.226 e. The minimum Gasteiger partial charge on any atom is -0.338 e. The third-order valence-electron chi connectivity index (χ3n) is 4.91. The van der Waals surface area contributed by atoms with Crippen molar-refractivity contribution in [2.24, 2.45) is 11.8 Å². The Balaban J connectivity index is 1.96. The zero-order valence-electron chi connectivity index (χ0n) is 12.8. The summed E-state index contributed by atoms with van der Waals surface area (Å²) in [6.45, 7) is 8.57. The molecular formula is C16H30N2O. The molecule has 0 radical (unpaired) electrons. The first-order valence-electron chi connectivity index (χ1n) is 8.13. The van der Waals surface area contributed by atoms with Crippen molar-refractivity contribution in [1.29, 1.82) is 0 Å². The molecule has 0 aromatic heterocycles. The largest absolute Gasteiger partial charge is 0.338 e. The number of hydrogen-bond acceptors (Lipinski definition) is 2. The standard InChI is InChI=1S/C16H30N2O/c1-12(2)18(11-14-8-4-5-10-17-14)16(19)15-9-6-7-13(15)3/h12-15,17H,4-11H2,1-3H3. The van der Waals surface area contributed by atoms with Crippen molar-refractivity contribution >= 4 is 5.91 Å². The lowest BCUT2D eigenvalue weighted by Gasteiger charge is -2.35. The monoisotopic (exact) mass is 266 g/mol. The molecule has 110 valence electrons. The molecule has 1 N–H and O–H groups in total. The van der Waals surface area contributed by atoms with E-state index in [2.05, 4.69) is 31.0 Å². The van der Waals surface area contributed by atoms with Crippen LogP contribution in [0, 0.1) is 11.8 Å². The second-order valence-electron chi connectivity index (χ2n) is 6.75. The highest BCUT2D eigenvalue weighted by Crippen LogP contribution is 2.33.